The van der Waals surface area contributed by atoms with Crippen LogP contribution in [0.1, 0.15) is 51.1 Å². The molecule has 20 heavy (non-hydrogen) atoms. The molecule has 1 aliphatic heterocycles. The summed E-state index contributed by atoms with van der Waals surface area (Å²) in [7, 11) is 0. The van der Waals surface area contributed by atoms with Gasteiger partial charge in [-0.15, -0.1) is 0 Å². The van der Waals surface area contributed by atoms with Gasteiger partial charge < -0.3 is 10.6 Å². The highest BCUT2D eigenvalue weighted by Crippen LogP contribution is 2.30. The summed E-state index contributed by atoms with van der Waals surface area (Å²) in [5, 5.41) is 0. The number of rotatable bonds is 4. The number of hydrogen-bond donors (Lipinski definition) is 1. The van der Waals surface area contributed by atoms with Crippen molar-refractivity contribution in [3.8, 4) is 0 Å². The highest BCUT2D eigenvalue weighted by molar-refractivity contribution is 5.19. The Balaban J connectivity index is 1.83. The van der Waals surface area contributed by atoms with Crippen molar-refractivity contribution in [1.29, 1.82) is 0 Å². The van der Waals surface area contributed by atoms with E-state index in [1.807, 2.05) is 6.07 Å². The molecule has 2 N–H and O–H groups in total. The topological polar surface area (TPSA) is 29.3 Å². The summed E-state index contributed by atoms with van der Waals surface area (Å²) in [6, 6.07) is 6.60. The Kier molecular flexibility index (Phi) is 5.17. The molecule has 2 rings (SSSR count). The summed E-state index contributed by atoms with van der Waals surface area (Å²) in [6.45, 7) is 8.04. The van der Waals surface area contributed by atoms with E-state index in [2.05, 4.69) is 18.7 Å². The van der Waals surface area contributed by atoms with Gasteiger partial charge in [0.15, 0.2) is 0 Å². The van der Waals surface area contributed by atoms with Gasteiger partial charge >= 0.3 is 0 Å². The molecule has 0 aromatic heterocycles. The van der Waals surface area contributed by atoms with Crippen molar-refractivity contribution in [1.82, 2.24) is 4.90 Å². The SMILES string of the molecule is CC1(C)CCCN(CCC(N)c2cccc(F)c2)CC1. The van der Waals surface area contributed by atoms with Crippen LogP contribution in [0.2, 0.25) is 0 Å². The van der Waals surface area contributed by atoms with Gasteiger partial charge in [0.25, 0.3) is 0 Å². The molecule has 0 spiro atoms. The minimum Gasteiger partial charge on any atom is -0.324 e. The average Bonchev–Trinajstić information content (AvgIpc) is 2.57. The smallest absolute Gasteiger partial charge is 0.123 e. The maximum Gasteiger partial charge on any atom is 0.123 e. The van der Waals surface area contributed by atoms with E-state index in [1.54, 1.807) is 12.1 Å². The predicted octanol–water partition coefficient (Wildman–Crippen LogP) is 3.73. The van der Waals surface area contributed by atoms with E-state index in [4.69, 9.17) is 5.73 Å². The molecule has 0 saturated carbocycles. The van der Waals surface area contributed by atoms with Crippen LogP contribution in [0.5, 0.6) is 0 Å². The van der Waals surface area contributed by atoms with Crippen LogP contribution in [0.3, 0.4) is 0 Å². The Morgan fingerprint density at radius 1 is 1.30 bits per heavy atom. The first-order valence-electron chi connectivity index (χ1n) is 7.70. The first-order chi connectivity index (χ1) is 9.46. The monoisotopic (exact) mass is 278 g/mol. The standard InChI is InChI=1S/C17H27FN2/c1-17(2)8-4-10-20(12-9-17)11-7-16(19)14-5-3-6-15(18)13-14/h3,5-6,13,16H,4,7-12,19H2,1-2H3. The van der Waals surface area contributed by atoms with E-state index < -0.39 is 0 Å². The summed E-state index contributed by atoms with van der Waals surface area (Å²) in [5.74, 6) is -0.200. The van der Waals surface area contributed by atoms with E-state index in [9.17, 15) is 4.39 Å². The molecule has 1 saturated heterocycles. The van der Waals surface area contributed by atoms with Crippen LogP contribution in [0.4, 0.5) is 4.39 Å². The zero-order valence-corrected chi connectivity index (χ0v) is 12.7. The highest BCUT2D eigenvalue weighted by Gasteiger charge is 2.23. The van der Waals surface area contributed by atoms with Crippen LogP contribution in [0, 0.1) is 11.2 Å². The lowest BCUT2D eigenvalue weighted by atomic mass is 9.85. The normalized spacial score (nSPS) is 21.4. The second kappa shape index (κ2) is 6.68. The summed E-state index contributed by atoms with van der Waals surface area (Å²) in [5.41, 5.74) is 7.55. The maximum atomic E-state index is 13.2. The molecule has 1 fully saturated rings. The van der Waals surface area contributed by atoms with Gasteiger partial charge in [0.2, 0.25) is 0 Å². The largest absolute Gasteiger partial charge is 0.324 e. The first kappa shape index (κ1) is 15.5. The van der Waals surface area contributed by atoms with Crippen molar-refractivity contribution < 1.29 is 4.39 Å². The molecule has 1 aromatic carbocycles. The summed E-state index contributed by atoms with van der Waals surface area (Å²) < 4.78 is 13.2. The Morgan fingerprint density at radius 2 is 2.10 bits per heavy atom. The fourth-order valence-electron chi connectivity index (χ4n) is 2.93. The lowest BCUT2D eigenvalue weighted by Gasteiger charge is -2.24. The van der Waals surface area contributed by atoms with Gasteiger partial charge in [0.1, 0.15) is 5.82 Å². The number of likely N-dealkylation sites (tertiary alicyclic amines) is 1. The third kappa shape index (κ3) is 4.57. The van der Waals surface area contributed by atoms with Gasteiger partial charge in [0.05, 0.1) is 0 Å². The van der Waals surface area contributed by atoms with Gasteiger partial charge in [-0.25, -0.2) is 4.39 Å². The Morgan fingerprint density at radius 3 is 2.85 bits per heavy atom. The van der Waals surface area contributed by atoms with Crippen LogP contribution in [-0.4, -0.2) is 24.5 Å². The molecular weight excluding hydrogens is 251 g/mol. The average molecular weight is 278 g/mol. The molecule has 1 heterocycles. The van der Waals surface area contributed by atoms with Crippen LogP contribution in [-0.2, 0) is 0 Å². The van der Waals surface area contributed by atoms with E-state index in [-0.39, 0.29) is 11.9 Å². The van der Waals surface area contributed by atoms with Crippen LogP contribution >= 0.6 is 0 Å². The van der Waals surface area contributed by atoms with Crippen LogP contribution in [0.25, 0.3) is 0 Å². The molecule has 0 aliphatic carbocycles. The van der Waals surface area contributed by atoms with Gasteiger partial charge in [-0.05, 0) is 68.4 Å². The summed E-state index contributed by atoms with van der Waals surface area (Å²) in [6.07, 6.45) is 4.72. The van der Waals surface area contributed by atoms with Crippen molar-refractivity contribution in [3.63, 3.8) is 0 Å². The third-order valence-electron chi connectivity index (χ3n) is 4.47. The van der Waals surface area contributed by atoms with E-state index in [0.29, 0.717) is 5.41 Å². The molecule has 0 radical (unpaired) electrons. The van der Waals surface area contributed by atoms with Gasteiger partial charge in [-0.1, -0.05) is 26.0 Å². The Bertz CT molecular complexity index is 431. The van der Waals surface area contributed by atoms with Crippen molar-refractivity contribution in [3.05, 3.63) is 35.6 Å². The van der Waals surface area contributed by atoms with Crippen LogP contribution < -0.4 is 5.73 Å². The molecule has 3 heteroatoms. The van der Waals surface area contributed by atoms with E-state index >= 15 is 0 Å². The minimum absolute atomic E-state index is 0.0676. The predicted molar refractivity (Wildman–Crippen MR) is 82.0 cm³/mol. The minimum atomic E-state index is -0.200. The quantitative estimate of drug-likeness (QED) is 0.909. The van der Waals surface area contributed by atoms with Gasteiger partial charge in [0, 0.05) is 6.04 Å². The van der Waals surface area contributed by atoms with Crippen molar-refractivity contribution >= 4 is 0 Å². The molecule has 1 aliphatic rings. The first-order valence-corrected chi connectivity index (χ1v) is 7.70. The molecule has 0 bridgehead atoms. The molecule has 1 aromatic rings. The third-order valence-corrected chi connectivity index (χ3v) is 4.47. The molecule has 112 valence electrons. The molecule has 0 amide bonds. The van der Waals surface area contributed by atoms with E-state index in [0.717, 1.165) is 25.1 Å². The molecule has 2 nitrogen and oxygen atoms in total. The fourth-order valence-corrected chi connectivity index (χ4v) is 2.93. The lowest BCUT2D eigenvalue weighted by Crippen LogP contribution is -2.29. The van der Waals surface area contributed by atoms with Gasteiger partial charge in [-0.3, -0.25) is 0 Å². The van der Waals surface area contributed by atoms with E-state index in [1.165, 1.54) is 31.9 Å². The number of halogens is 1. The number of hydrogen-bond acceptors (Lipinski definition) is 2. The number of benzene rings is 1. The second-order valence-corrected chi connectivity index (χ2v) is 6.81. The van der Waals surface area contributed by atoms with Gasteiger partial charge in [-0.2, -0.15) is 0 Å². The number of nitrogens with two attached hydrogens (primary N) is 1. The second-order valence-electron chi connectivity index (χ2n) is 6.81. The zero-order chi connectivity index (χ0) is 14.6. The van der Waals surface area contributed by atoms with Crippen molar-refractivity contribution in [2.24, 2.45) is 11.1 Å². The molecular formula is C17H27FN2. The van der Waals surface area contributed by atoms with Crippen LogP contribution in [0.15, 0.2) is 24.3 Å². The molecule has 1 atom stereocenters. The fraction of sp³-hybridized carbons (Fsp3) is 0.647. The highest BCUT2D eigenvalue weighted by atomic mass is 19.1. The summed E-state index contributed by atoms with van der Waals surface area (Å²) in [4.78, 5) is 2.51. The lowest BCUT2D eigenvalue weighted by molar-refractivity contribution is 0.254. The Hall–Kier alpha value is -0.930. The number of nitrogens with zero attached hydrogens (tertiary/aromatic N) is 1. The zero-order valence-electron chi connectivity index (χ0n) is 12.7. The summed E-state index contributed by atoms with van der Waals surface area (Å²) >= 11 is 0. The van der Waals surface area contributed by atoms with Crippen molar-refractivity contribution in [2.75, 3.05) is 19.6 Å². The molecule has 1 unspecified atom stereocenters. The Labute approximate surface area is 122 Å². The maximum absolute atomic E-state index is 13.2. The van der Waals surface area contributed by atoms with Crippen molar-refractivity contribution in [2.45, 2.75) is 45.6 Å².